The molecule has 1 N–H and O–H groups in total. The minimum Gasteiger partial charge on any atom is -0.507 e. The van der Waals surface area contributed by atoms with Crippen LogP contribution in [0.1, 0.15) is 78.8 Å². The summed E-state index contributed by atoms with van der Waals surface area (Å²) >= 11 is 3.46. The molecule has 0 aliphatic rings. The predicted molar refractivity (Wildman–Crippen MR) is 136 cm³/mol. The van der Waals surface area contributed by atoms with Gasteiger partial charge in [0.1, 0.15) is 18.1 Å². The van der Waals surface area contributed by atoms with Crippen molar-refractivity contribution in [3.05, 3.63) is 64.5 Å². The number of aryl methyl sites for hydroxylation is 1. The molecule has 7 nitrogen and oxygen atoms in total. The standard InChI is InChI=1S/C26H33BrN4O3/c1-3-8-24-21(11-14-23(19(2)32)26(24)33)18-34-22-12-9-20(10-13-22)17-25-28-30-31(29-25)16-7-5-4-6-15-27/h9-14,33H,3-8,15-18H2,1-2H3. The van der Waals surface area contributed by atoms with Gasteiger partial charge in [0.2, 0.25) is 0 Å². The average molecular weight is 529 g/mol. The van der Waals surface area contributed by atoms with Crippen molar-refractivity contribution in [2.24, 2.45) is 0 Å². The number of carbonyl (C=O) groups is 1. The summed E-state index contributed by atoms with van der Waals surface area (Å²) in [4.78, 5) is 13.4. The van der Waals surface area contributed by atoms with Crippen molar-refractivity contribution in [3.63, 3.8) is 0 Å². The number of hydrogen-bond donors (Lipinski definition) is 1. The van der Waals surface area contributed by atoms with E-state index in [1.165, 1.54) is 26.2 Å². The first-order valence-corrected chi connectivity index (χ1v) is 13.0. The number of rotatable bonds is 14. The molecule has 1 aromatic heterocycles. The van der Waals surface area contributed by atoms with Gasteiger partial charge in [0.05, 0.1) is 12.1 Å². The predicted octanol–water partition coefficient (Wildman–Crippen LogP) is 5.66. The number of tetrazole rings is 1. The number of nitrogens with zero attached hydrogens (tertiary/aromatic N) is 4. The third-order valence-electron chi connectivity index (χ3n) is 5.68. The number of ether oxygens (including phenoxy) is 1. The number of aromatic hydroxyl groups is 1. The van der Waals surface area contributed by atoms with Gasteiger partial charge in [-0.25, -0.2) is 0 Å². The van der Waals surface area contributed by atoms with Crippen LogP contribution in [0.3, 0.4) is 0 Å². The molecule has 0 saturated carbocycles. The zero-order valence-corrected chi connectivity index (χ0v) is 21.6. The first-order chi connectivity index (χ1) is 16.5. The van der Waals surface area contributed by atoms with Gasteiger partial charge >= 0.3 is 0 Å². The van der Waals surface area contributed by atoms with Gasteiger partial charge in [0, 0.05) is 17.3 Å². The van der Waals surface area contributed by atoms with Gasteiger partial charge in [-0.1, -0.05) is 60.3 Å². The number of Topliss-reactive ketones (excluding diaryl/α,β-unsaturated/α-hetero) is 1. The van der Waals surface area contributed by atoms with Crippen molar-refractivity contribution in [2.75, 3.05) is 5.33 Å². The molecule has 0 atom stereocenters. The zero-order chi connectivity index (χ0) is 24.3. The first kappa shape index (κ1) is 25.9. The molecule has 0 spiro atoms. The van der Waals surface area contributed by atoms with E-state index in [4.69, 9.17) is 4.74 Å². The van der Waals surface area contributed by atoms with E-state index in [0.717, 1.165) is 47.2 Å². The van der Waals surface area contributed by atoms with E-state index in [1.54, 1.807) is 10.9 Å². The van der Waals surface area contributed by atoms with Gasteiger partial charge in [0.15, 0.2) is 11.6 Å². The van der Waals surface area contributed by atoms with Crippen LogP contribution in [0.2, 0.25) is 0 Å². The number of phenols is 1. The molecule has 2 aromatic carbocycles. The summed E-state index contributed by atoms with van der Waals surface area (Å²) in [6.45, 7) is 4.63. The fourth-order valence-electron chi connectivity index (χ4n) is 3.82. The topological polar surface area (TPSA) is 90.1 Å². The Balaban J connectivity index is 1.55. The number of carbonyl (C=O) groups excluding carboxylic acids is 1. The van der Waals surface area contributed by atoms with Crippen molar-refractivity contribution in [1.82, 2.24) is 20.2 Å². The molecule has 0 amide bonds. The Bertz CT molecular complexity index is 1070. The maximum Gasteiger partial charge on any atom is 0.179 e. The molecule has 3 aromatic rings. The SMILES string of the molecule is CCCc1c(COc2ccc(Cc3nnn(CCCCCCBr)n3)cc2)ccc(C(C)=O)c1O. The van der Waals surface area contributed by atoms with Gasteiger partial charge in [-0.05, 0) is 60.7 Å². The number of halogens is 1. The lowest BCUT2D eigenvalue weighted by atomic mass is 9.97. The number of phenolic OH excluding ortho intramolecular Hbond substituents is 1. The number of alkyl halides is 1. The van der Waals surface area contributed by atoms with Crippen molar-refractivity contribution >= 4 is 21.7 Å². The Kier molecular flexibility index (Phi) is 10.1. The normalized spacial score (nSPS) is 11.0. The monoisotopic (exact) mass is 528 g/mol. The molecule has 0 unspecified atom stereocenters. The van der Waals surface area contributed by atoms with Crippen LogP contribution < -0.4 is 4.74 Å². The Morgan fingerprint density at radius 1 is 1.09 bits per heavy atom. The summed E-state index contributed by atoms with van der Waals surface area (Å²) in [7, 11) is 0. The van der Waals surface area contributed by atoms with Gasteiger partial charge in [0.25, 0.3) is 0 Å². The number of ketones is 1. The molecule has 0 aliphatic carbocycles. The zero-order valence-electron chi connectivity index (χ0n) is 20.0. The number of unbranched alkanes of at least 4 members (excludes halogenated alkanes) is 3. The number of hydrogen-bond acceptors (Lipinski definition) is 6. The van der Waals surface area contributed by atoms with Crippen molar-refractivity contribution in [3.8, 4) is 11.5 Å². The lowest BCUT2D eigenvalue weighted by Crippen LogP contribution is -2.04. The van der Waals surface area contributed by atoms with Crippen LogP contribution in [0.5, 0.6) is 11.5 Å². The van der Waals surface area contributed by atoms with Crippen LogP contribution in [0, 0.1) is 0 Å². The van der Waals surface area contributed by atoms with Crippen LogP contribution >= 0.6 is 15.9 Å². The van der Waals surface area contributed by atoms with E-state index in [0.29, 0.717) is 30.8 Å². The average Bonchev–Trinajstić information content (AvgIpc) is 3.27. The van der Waals surface area contributed by atoms with Gasteiger partial charge < -0.3 is 9.84 Å². The van der Waals surface area contributed by atoms with E-state index in [9.17, 15) is 9.90 Å². The second kappa shape index (κ2) is 13.2. The second-order valence-electron chi connectivity index (χ2n) is 8.42. The van der Waals surface area contributed by atoms with Gasteiger partial charge in [-0.3, -0.25) is 4.79 Å². The van der Waals surface area contributed by atoms with Crippen LogP contribution in [0.15, 0.2) is 36.4 Å². The van der Waals surface area contributed by atoms with Crippen molar-refractivity contribution in [1.29, 1.82) is 0 Å². The Morgan fingerprint density at radius 2 is 1.85 bits per heavy atom. The lowest BCUT2D eigenvalue weighted by Gasteiger charge is -2.14. The first-order valence-electron chi connectivity index (χ1n) is 11.9. The largest absolute Gasteiger partial charge is 0.507 e. The summed E-state index contributed by atoms with van der Waals surface area (Å²) in [6.07, 6.45) is 6.82. The minimum absolute atomic E-state index is 0.0743. The molecular weight excluding hydrogens is 496 g/mol. The molecule has 0 saturated heterocycles. The molecule has 8 heteroatoms. The molecule has 3 rings (SSSR count). The highest BCUT2D eigenvalue weighted by atomic mass is 79.9. The highest BCUT2D eigenvalue weighted by Gasteiger charge is 2.15. The molecule has 0 fully saturated rings. The van der Waals surface area contributed by atoms with E-state index in [2.05, 4.69) is 31.3 Å². The van der Waals surface area contributed by atoms with E-state index in [-0.39, 0.29) is 11.5 Å². The highest BCUT2D eigenvalue weighted by molar-refractivity contribution is 9.09. The fourth-order valence-corrected chi connectivity index (χ4v) is 4.21. The van der Waals surface area contributed by atoms with Crippen LogP contribution in [0.25, 0.3) is 0 Å². The summed E-state index contributed by atoms with van der Waals surface area (Å²) < 4.78 is 5.97. The summed E-state index contributed by atoms with van der Waals surface area (Å²) in [5.41, 5.74) is 3.11. The molecule has 34 heavy (non-hydrogen) atoms. The van der Waals surface area contributed by atoms with Crippen LogP contribution in [0.4, 0.5) is 0 Å². The summed E-state index contributed by atoms with van der Waals surface area (Å²) in [6, 6.07) is 11.4. The van der Waals surface area contributed by atoms with Crippen LogP contribution in [-0.4, -0.2) is 36.4 Å². The molecule has 0 bridgehead atoms. The van der Waals surface area contributed by atoms with Gasteiger partial charge in [-0.15, -0.1) is 10.2 Å². The summed E-state index contributed by atoms with van der Waals surface area (Å²) in [5.74, 6) is 1.38. The third-order valence-corrected chi connectivity index (χ3v) is 6.24. The third kappa shape index (κ3) is 7.38. The smallest absolute Gasteiger partial charge is 0.179 e. The quantitative estimate of drug-likeness (QED) is 0.165. The lowest BCUT2D eigenvalue weighted by molar-refractivity contribution is 0.101. The minimum atomic E-state index is -0.141. The molecular formula is C26H33BrN4O3. The number of benzene rings is 2. The number of aromatic nitrogens is 4. The van der Waals surface area contributed by atoms with E-state index in [1.807, 2.05) is 37.3 Å². The van der Waals surface area contributed by atoms with E-state index < -0.39 is 0 Å². The van der Waals surface area contributed by atoms with Gasteiger partial charge in [-0.2, -0.15) is 4.80 Å². The maximum atomic E-state index is 11.8. The molecule has 0 radical (unpaired) electrons. The van der Waals surface area contributed by atoms with E-state index >= 15 is 0 Å². The van der Waals surface area contributed by atoms with Crippen LogP contribution in [-0.2, 0) is 26.0 Å². The highest BCUT2D eigenvalue weighted by Crippen LogP contribution is 2.29. The van der Waals surface area contributed by atoms with Crippen molar-refractivity contribution < 1.29 is 14.6 Å². The van der Waals surface area contributed by atoms with Crippen molar-refractivity contribution in [2.45, 2.75) is 71.9 Å². The fraction of sp³-hybridized carbons (Fsp3) is 0.462. The Morgan fingerprint density at radius 3 is 2.56 bits per heavy atom. The molecule has 1 heterocycles. The Labute approximate surface area is 209 Å². The second-order valence-corrected chi connectivity index (χ2v) is 9.21. The molecule has 182 valence electrons. The molecule has 0 aliphatic heterocycles. The maximum absolute atomic E-state index is 11.8. The summed E-state index contributed by atoms with van der Waals surface area (Å²) in [5, 5.41) is 24.4. The Hall–Kier alpha value is -2.74.